The molecule has 3 N–H and O–H groups in total. The molecule has 1 amide bonds. The standard InChI is InChI=1S/C23H27N5O6/c1-28-19-6-3-15(21(30)24-7-9-32-10-8-29)13-18(19)25-22(28)27-23-26-17-5-4-16(14-20(17)34-23)33-12-11-31-2/h3-6,13-14,29H,7-12H2,1-2H3,(H,24,30)(H,25,26,27). The van der Waals surface area contributed by atoms with Crippen molar-refractivity contribution >= 4 is 40.0 Å². The first-order chi connectivity index (χ1) is 16.6. The second-order valence-electron chi connectivity index (χ2n) is 7.40. The third-order valence-electron chi connectivity index (χ3n) is 5.05. The number of anilines is 2. The van der Waals surface area contributed by atoms with Gasteiger partial charge in [-0.05, 0) is 30.3 Å². The number of nitrogens with zero attached hydrogens (tertiary/aromatic N) is 3. The summed E-state index contributed by atoms with van der Waals surface area (Å²) in [5.41, 5.74) is 3.25. The molecule has 0 unspecified atom stereocenters. The van der Waals surface area contributed by atoms with Gasteiger partial charge in [-0.25, -0.2) is 4.98 Å². The van der Waals surface area contributed by atoms with Crippen LogP contribution in [0, 0.1) is 0 Å². The first kappa shape index (κ1) is 23.5. The summed E-state index contributed by atoms with van der Waals surface area (Å²) in [4.78, 5) is 21.4. The maximum atomic E-state index is 12.4. The Hall–Kier alpha value is -3.67. The predicted octanol–water partition coefficient (Wildman–Crippen LogP) is 2.22. The van der Waals surface area contributed by atoms with Crippen LogP contribution in [0.2, 0.25) is 0 Å². The van der Waals surface area contributed by atoms with Crippen molar-refractivity contribution in [1.82, 2.24) is 19.9 Å². The van der Waals surface area contributed by atoms with Gasteiger partial charge in [0, 0.05) is 32.3 Å². The van der Waals surface area contributed by atoms with Gasteiger partial charge in [-0.1, -0.05) is 0 Å². The molecule has 0 fully saturated rings. The van der Waals surface area contributed by atoms with E-state index in [4.69, 9.17) is 23.7 Å². The molecule has 0 atom stereocenters. The molecule has 180 valence electrons. The number of ether oxygens (including phenoxy) is 3. The molecule has 0 saturated heterocycles. The van der Waals surface area contributed by atoms with Crippen LogP contribution in [-0.4, -0.2) is 72.2 Å². The number of fused-ring (bicyclic) bond motifs is 2. The van der Waals surface area contributed by atoms with E-state index in [0.29, 0.717) is 66.3 Å². The van der Waals surface area contributed by atoms with E-state index in [0.717, 1.165) is 5.52 Å². The molecule has 2 aromatic carbocycles. The lowest BCUT2D eigenvalue weighted by atomic mass is 10.2. The van der Waals surface area contributed by atoms with Crippen molar-refractivity contribution in [1.29, 1.82) is 0 Å². The Balaban J connectivity index is 1.46. The molecule has 0 aliphatic carbocycles. The second-order valence-corrected chi connectivity index (χ2v) is 7.40. The van der Waals surface area contributed by atoms with E-state index >= 15 is 0 Å². The van der Waals surface area contributed by atoms with Crippen molar-refractivity contribution in [2.24, 2.45) is 7.05 Å². The molecule has 34 heavy (non-hydrogen) atoms. The SMILES string of the molecule is COCCOc1ccc2nc(Nc3nc4cc(C(=O)NCCOCCO)ccc4n3C)oc2c1. The highest BCUT2D eigenvalue weighted by Crippen LogP contribution is 2.27. The molecule has 0 bridgehead atoms. The summed E-state index contributed by atoms with van der Waals surface area (Å²) in [5.74, 6) is 0.964. The number of aliphatic hydroxyl groups is 1. The van der Waals surface area contributed by atoms with Gasteiger partial charge in [0.15, 0.2) is 5.58 Å². The normalized spacial score (nSPS) is 11.3. The van der Waals surface area contributed by atoms with Crippen LogP contribution < -0.4 is 15.4 Å². The Morgan fingerprint density at radius 2 is 1.97 bits per heavy atom. The fourth-order valence-corrected chi connectivity index (χ4v) is 3.34. The second kappa shape index (κ2) is 11.0. The van der Waals surface area contributed by atoms with E-state index in [2.05, 4.69) is 20.6 Å². The average molecular weight is 469 g/mol. The number of hydrogen-bond donors (Lipinski definition) is 3. The number of carbonyl (C=O) groups is 1. The molecule has 11 heteroatoms. The highest BCUT2D eigenvalue weighted by Gasteiger charge is 2.14. The van der Waals surface area contributed by atoms with Crippen molar-refractivity contribution in [3.8, 4) is 5.75 Å². The minimum atomic E-state index is -0.225. The minimum absolute atomic E-state index is 0.0471. The van der Waals surface area contributed by atoms with Crippen LogP contribution in [0.3, 0.4) is 0 Å². The van der Waals surface area contributed by atoms with E-state index in [1.165, 1.54) is 0 Å². The average Bonchev–Trinajstić information content (AvgIpc) is 3.38. The Labute approximate surface area is 195 Å². The molecule has 4 aromatic rings. The number of aromatic nitrogens is 3. The van der Waals surface area contributed by atoms with Crippen LogP contribution in [0.15, 0.2) is 40.8 Å². The zero-order valence-electron chi connectivity index (χ0n) is 19.0. The number of oxazole rings is 1. The van der Waals surface area contributed by atoms with E-state index in [9.17, 15) is 4.79 Å². The van der Waals surface area contributed by atoms with Crippen LogP contribution in [0.4, 0.5) is 12.0 Å². The number of benzene rings is 2. The number of hydrogen-bond acceptors (Lipinski definition) is 9. The number of nitrogens with one attached hydrogen (secondary N) is 2. The molecule has 2 heterocycles. The van der Waals surface area contributed by atoms with Crippen molar-refractivity contribution in [2.45, 2.75) is 0 Å². The first-order valence-corrected chi connectivity index (χ1v) is 10.8. The molecule has 11 nitrogen and oxygen atoms in total. The summed E-state index contributed by atoms with van der Waals surface area (Å²) < 4.78 is 23.4. The Morgan fingerprint density at radius 3 is 2.79 bits per heavy atom. The largest absolute Gasteiger partial charge is 0.491 e. The fourth-order valence-electron chi connectivity index (χ4n) is 3.34. The molecule has 0 aliphatic rings. The van der Waals surface area contributed by atoms with Crippen molar-refractivity contribution in [3.05, 3.63) is 42.0 Å². The van der Waals surface area contributed by atoms with Crippen LogP contribution in [0.1, 0.15) is 10.4 Å². The molecule has 0 saturated carbocycles. The van der Waals surface area contributed by atoms with Crippen LogP contribution in [0.25, 0.3) is 22.1 Å². The van der Waals surface area contributed by atoms with Gasteiger partial charge >= 0.3 is 6.01 Å². The zero-order valence-corrected chi connectivity index (χ0v) is 19.0. The molecule has 0 aliphatic heterocycles. The Kier molecular flexibility index (Phi) is 7.58. The quantitative estimate of drug-likeness (QED) is 0.267. The molecule has 0 spiro atoms. The van der Waals surface area contributed by atoms with Gasteiger partial charge < -0.3 is 33.6 Å². The third kappa shape index (κ3) is 5.45. The van der Waals surface area contributed by atoms with Gasteiger partial charge in [0.25, 0.3) is 5.91 Å². The summed E-state index contributed by atoms with van der Waals surface area (Å²) in [5, 5.41) is 14.6. The summed E-state index contributed by atoms with van der Waals surface area (Å²) in [6.45, 7) is 1.82. The maximum absolute atomic E-state index is 12.4. The van der Waals surface area contributed by atoms with Crippen molar-refractivity contribution in [3.63, 3.8) is 0 Å². The Morgan fingerprint density at radius 1 is 1.09 bits per heavy atom. The van der Waals surface area contributed by atoms with E-state index in [-0.39, 0.29) is 19.1 Å². The zero-order chi connectivity index (χ0) is 23.9. The van der Waals surface area contributed by atoms with E-state index in [1.54, 1.807) is 25.3 Å². The fraction of sp³-hybridized carbons (Fsp3) is 0.348. The maximum Gasteiger partial charge on any atom is 0.302 e. The lowest BCUT2D eigenvalue weighted by Crippen LogP contribution is -2.27. The van der Waals surface area contributed by atoms with E-state index in [1.807, 2.05) is 29.8 Å². The number of aliphatic hydroxyl groups excluding tert-OH is 1. The smallest absolute Gasteiger partial charge is 0.302 e. The van der Waals surface area contributed by atoms with Crippen LogP contribution in [-0.2, 0) is 16.5 Å². The summed E-state index contributed by atoms with van der Waals surface area (Å²) in [6.07, 6.45) is 0. The van der Waals surface area contributed by atoms with Crippen LogP contribution in [0.5, 0.6) is 5.75 Å². The number of rotatable bonds is 12. The number of amides is 1. The number of carbonyl (C=O) groups excluding carboxylic acids is 1. The topological polar surface area (TPSA) is 133 Å². The van der Waals surface area contributed by atoms with Gasteiger partial charge in [0.2, 0.25) is 5.95 Å². The lowest BCUT2D eigenvalue weighted by molar-refractivity contribution is 0.0838. The summed E-state index contributed by atoms with van der Waals surface area (Å²) in [6, 6.07) is 11.0. The first-order valence-electron chi connectivity index (χ1n) is 10.8. The van der Waals surface area contributed by atoms with Crippen LogP contribution >= 0.6 is 0 Å². The number of aryl methyl sites for hydroxylation is 1. The van der Waals surface area contributed by atoms with Gasteiger partial charge in [-0.2, -0.15) is 4.98 Å². The predicted molar refractivity (Wildman–Crippen MR) is 126 cm³/mol. The summed E-state index contributed by atoms with van der Waals surface area (Å²) >= 11 is 0. The van der Waals surface area contributed by atoms with Gasteiger partial charge in [-0.3, -0.25) is 10.1 Å². The van der Waals surface area contributed by atoms with Gasteiger partial charge in [0.1, 0.15) is 17.9 Å². The monoisotopic (exact) mass is 469 g/mol. The van der Waals surface area contributed by atoms with Gasteiger partial charge in [0.05, 0.1) is 37.5 Å². The lowest BCUT2D eigenvalue weighted by Gasteiger charge is -2.06. The third-order valence-corrected chi connectivity index (χ3v) is 5.05. The molecular formula is C23H27N5O6. The van der Waals surface area contributed by atoms with Crippen molar-refractivity contribution in [2.75, 3.05) is 52.0 Å². The minimum Gasteiger partial charge on any atom is -0.491 e. The molecular weight excluding hydrogens is 442 g/mol. The molecule has 0 radical (unpaired) electrons. The Bertz CT molecular complexity index is 1270. The highest BCUT2D eigenvalue weighted by atomic mass is 16.5. The van der Waals surface area contributed by atoms with Crippen molar-refractivity contribution < 1.29 is 28.5 Å². The van der Waals surface area contributed by atoms with E-state index < -0.39 is 0 Å². The number of imidazole rings is 1. The van der Waals surface area contributed by atoms with Gasteiger partial charge in [-0.15, -0.1) is 0 Å². The molecule has 2 aromatic heterocycles. The highest BCUT2D eigenvalue weighted by molar-refractivity contribution is 5.97. The molecule has 4 rings (SSSR count). The number of methoxy groups -OCH3 is 1. The summed E-state index contributed by atoms with van der Waals surface area (Å²) in [7, 11) is 3.48.